The molecule has 0 radical (unpaired) electrons. The molecule has 0 aliphatic heterocycles. The van der Waals surface area contributed by atoms with Gasteiger partial charge in [0.2, 0.25) is 0 Å². The van der Waals surface area contributed by atoms with Gasteiger partial charge in [0.25, 0.3) is 0 Å². The van der Waals surface area contributed by atoms with Crippen LogP contribution in [0.5, 0.6) is 0 Å². The molecular formula is C44H34. The van der Waals surface area contributed by atoms with Gasteiger partial charge in [-0.3, -0.25) is 0 Å². The monoisotopic (exact) mass is 562 g/mol. The molecule has 7 aromatic rings. The van der Waals surface area contributed by atoms with Crippen molar-refractivity contribution < 1.29 is 0 Å². The summed E-state index contributed by atoms with van der Waals surface area (Å²) in [4.78, 5) is 0. The van der Waals surface area contributed by atoms with Crippen LogP contribution in [0.1, 0.15) is 49.9 Å². The van der Waals surface area contributed by atoms with E-state index in [0.29, 0.717) is 0 Å². The summed E-state index contributed by atoms with van der Waals surface area (Å²) in [5.41, 5.74) is 16.4. The fourth-order valence-corrected chi connectivity index (χ4v) is 8.44. The fourth-order valence-electron chi connectivity index (χ4n) is 8.44. The highest BCUT2D eigenvalue weighted by Gasteiger charge is 2.41. The van der Waals surface area contributed by atoms with Crippen molar-refractivity contribution in [2.45, 2.75) is 38.5 Å². The van der Waals surface area contributed by atoms with Crippen LogP contribution in [0.15, 0.2) is 133 Å². The van der Waals surface area contributed by atoms with Crippen LogP contribution in [0.4, 0.5) is 0 Å². The molecule has 2 aliphatic rings. The summed E-state index contributed by atoms with van der Waals surface area (Å²) < 4.78 is 0. The SMILES string of the molecule is CC1(C)c2ccccc2-c2cc3c(cc21)C(C)(C)c1cc(-c2c4ccccc4c(-c4ccccc4)c4ccccc24)ccc1-3. The second kappa shape index (κ2) is 8.80. The van der Waals surface area contributed by atoms with Gasteiger partial charge in [0, 0.05) is 10.8 Å². The first-order valence-electron chi connectivity index (χ1n) is 15.8. The van der Waals surface area contributed by atoms with Crippen molar-refractivity contribution in [1.29, 1.82) is 0 Å². The Kier molecular flexibility index (Phi) is 5.11. The Morgan fingerprint density at radius 1 is 0.318 bits per heavy atom. The number of benzene rings is 7. The molecule has 210 valence electrons. The van der Waals surface area contributed by atoms with Crippen LogP contribution in [0.25, 0.3) is 66.1 Å². The second-order valence-electron chi connectivity index (χ2n) is 13.7. The van der Waals surface area contributed by atoms with Gasteiger partial charge >= 0.3 is 0 Å². The molecule has 0 aromatic heterocycles. The molecule has 44 heavy (non-hydrogen) atoms. The molecule has 0 saturated heterocycles. The molecule has 0 saturated carbocycles. The molecule has 0 bridgehead atoms. The van der Waals surface area contributed by atoms with E-state index in [4.69, 9.17) is 0 Å². The highest BCUT2D eigenvalue weighted by Crippen LogP contribution is 2.56. The van der Waals surface area contributed by atoms with Crippen LogP contribution in [0.3, 0.4) is 0 Å². The zero-order valence-corrected chi connectivity index (χ0v) is 25.7. The predicted octanol–water partition coefficient (Wildman–Crippen LogP) is 11.9. The van der Waals surface area contributed by atoms with Crippen molar-refractivity contribution in [2.75, 3.05) is 0 Å². The Morgan fingerprint density at radius 2 is 0.773 bits per heavy atom. The van der Waals surface area contributed by atoms with Crippen LogP contribution in [0, 0.1) is 0 Å². The summed E-state index contributed by atoms with van der Waals surface area (Å²) in [6.07, 6.45) is 0. The quantitative estimate of drug-likeness (QED) is 0.184. The van der Waals surface area contributed by atoms with Crippen LogP contribution in [-0.2, 0) is 10.8 Å². The van der Waals surface area contributed by atoms with Crippen molar-refractivity contribution in [3.8, 4) is 44.5 Å². The second-order valence-corrected chi connectivity index (χ2v) is 13.7. The number of hydrogen-bond acceptors (Lipinski definition) is 0. The maximum absolute atomic E-state index is 2.53. The molecule has 0 nitrogen and oxygen atoms in total. The Morgan fingerprint density at radius 3 is 1.39 bits per heavy atom. The maximum atomic E-state index is 2.53. The molecule has 0 N–H and O–H groups in total. The minimum atomic E-state index is -0.101. The lowest BCUT2D eigenvalue weighted by Gasteiger charge is -2.26. The lowest BCUT2D eigenvalue weighted by Crippen LogP contribution is -2.18. The van der Waals surface area contributed by atoms with E-state index in [1.54, 1.807) is 0 Å². The fraction of sp³-hybridized carbons (Fsp3) is 0.136. The summed E-state index contributed by atoms with van der Waals surface area (Å²) in [6, 6.07) is 50.0. The normalized spacial score (nSPS) is 15.2. The average molecular weight is 563 g/mol. The van der Waals surface area contributed by atoms with Gasteiger partial charge < -0.3 is 0 Å². The minimum Gasteiger partial charge on any atom is -0.0622 e. The van der Waals surface area contributed by atoms with E-state index in [1.807, 2.05) is 0 Å². The van der Waals surface area contributed by atoms with Crippen LogP contribution < -0.4 is 0 Å². The largest absolute Gasteiger partial charge is 0.0622 e. The first-order chi connectivity index (χ1) is 21.4. The van der Waals surface area contributed by atoms with E-state index in [9.17, 15) is 0 Å². The van der Waals surface area contributed by atoms with Gasteiger partial charge in [0.15, 0.2) is 0 Å². The topological polar surface area (TPSA) is 0 Å². The molecule has 2 aliphatic carbocycles. The molecular weight excluding hydrogens is 528 g/mol. The van der Waals surface area contributed by atoms with E-state index in [0.717, 1.165) is 0 Å². The van der Waals surface area contributed by atoms with Gasteiger partial charge in [-0.15, -0.1) is 0 Å². The Balaban J connectivity index is 1.29. The van der Waals surface area contributed by atoms with Crippen molar-refractivity contribution >= 4 is 21.5 Å². The Hall–Kier alpha value is -4.94. The molecule has 0 amide bonds. The smallest absolute Gasteiger partial charge is 0.0159 e. The van der Waals surface area contributed by atoms with Crippen molar-refractivity contribution in [3.05, 3.63) is 156 Å². The van der Waals surface area contributed by atoms with Gasteiger partial charge in [-0.2, -0.15) is 0 Å². The first-order valence-corrected chi connectivity index (χ1v) is 15.8. The lowest BCUT2D eigenvalue weighted by atomic mass is 9.77. The zero-order valence-electron chi connectivity index (χ0n) is 25.7. The van der Waals surface area contributed by atoms with Gasteiger partial charge in [-0.05, 0) is 100 Å². The Labute approximate surface area is 259 Å². The summed E-state index contributed by atoms with van der Waals surface area (Å²) >= 11 is 0. The van der Waals surface area contributed by atoms with Crippen molar-refractivity contribution in [1.82, 2.24) is 0 Å². The molecule has 0 heteroatoms. The van der Waals surface area contributed by atoms with E-state index >= 15 is 0 Å². The van der Waals surface area contributed by atoms with Gasteiger partial charge in [0.05, 0.1) is 0 Å². The number of rotatable bonds is 2. The molecule has 0 unspecified atom stereocenters. The summed E-state index contributed by atoms with van der Waals surface area (Å²) in [7, 11) is 0. The number of fused-ring (bicyclic) bond motifs is 8. The summed E-state index contributed by atoms with van der Waals surface area (Å²) in [5, 5.41) is 5.20. The van der Waals surface area contributed by atoms with Crippen molar-refractivity contribution in [2.24, 2.45) is 0 Å². The molecule has 9 rings (SSSR count). The Bertz CT molecular complexity index is 2260. The van der Waals surface area contributed by atoms with Crippen LogP contribution in [0.2, 0.25) is 0 Å². The van der Waals surface area contributed by atoms with Gasteiger partial charge in [-0.1, -0.05) is 149 Å². The van der Waals surface area contributed by atoms with Gasteiger partial charge in [-0.25, -0.2) is 0 Å². The average Bonchev–Trinajstić information content (AvgIpc) is 3.42. The minimum absolute atomic E-state index is 0.00466. The lowest BCUT2D eigenvalue weighted by molar-refractivity contribution is 0.639. The van der Waals surface area contributed by atoms with Crippen LogP contribution >= 0.6 is 0 Å². The summed E-state index contributed by atoms with van der Waals surface area (Å²) in [5.74, 6) is 0. The zero-order chi connectivity index (χ0) is 29.8. The highest BCUT2D eigenvalue weighted by molar-refractivity contribution is 6.21. The van der Waals surface area contributed by atoms with Crippen LogP contribution in [-0.4, -0.2) is 0 Å². The van der Waals surface area contributed by atoms with E-state index in [-0.39, 0.29) is 10.8 Å². The third-order valence-electron chi connectivity index (χ3n) is 10.7. The standard InChI is InChI=1S/C44H34/c1-43(2)37-21-13-12-16-29(37)35-25-36-30-23-22-28(24-38(30)44(3,4)40(36)26-39(35)43)42-33-19-10-8-17-31(33)41(27-14-6-5-7-15-27)32-18-9-11-20-34(32)42/h5-26H,1-4H3. The van der Waals surface area contributed by atoms with E-state index in [1.165, 1.54) is 88.3 Å². The van der Waals surface area contributed by atoms with Crippen molar-refractivity contribution in [3.63, 3.8) is 0 Å². The van der Waals surface area contributed by atoms with Gasteiger partial charge in [0.1, 0.15) is 0 Å². The third-order valence-corrected chi connectivity index (χ3v) is 10.7. The van der Waals surface area contributed by atoms with E-state index < -0.39 is 0 Å². The maximum Gasteiger partial charge on any atom is 0.0159 e. The highest BCUT2D eigenvalue weighted by atomic mass is 14.4. The first kappa shape index (κ1) is 25.5. The molecule has 7 aromatic carbocycles. The molecule has 0 spiro atoms. The molecule has 0 fully saturated rings. The summed E-state index contributed by atoms with van der Waals surface area (Å²) in [6.45, 7) is 9.59. The van der Waals surface area contributed by atoms with E-state index in [2.05, 4.69) is 161 Å². The molecule has 0 atom stereocenters. The molecule has 0 heterocycles. The predicted molar refractivity (Wildman–Crippen MR) is 187 cm³/mol. The third kappa shape index (κ3) is 3.29. The number of hydrogen-bond donors (Lipinski definition) is 0.